The molecule has 0 saturated carbocycles. The number of piperazine rings is 1. The minimum absolute atomic E-state index is 0.00312. The quantitative estimate of drug-likeness (QED) is 0.832. The number of carbonyl (C=O) groups is 2. The molecule has 0 radical (unpaired) electrons. The van der Waals surface area contributed by atoms with E-state index in [0.717, 1.165) is 0 Å². The molecule has 0 unspecified atom stereocenters. The van der Waals surface area contributed by atoms with Gasteiger partial charge in [0.05, 0.1) is 0 Å². The second-order valence-corrected chi connectivity index (χ2v) is 5.35. The monoisotopic (exact) mass is 280 g/mol. The van der Waals surface area contributed by atoms with Crippen LogP contribution in [-0.2, 0) is 4.79 Å². The number of hydrogen-bond donors (Lipinski definition) is 0. The van der Waals surface area contributed by atoms with Crippen LogP contribution in [-0.4, -0.2) is 47.3 Å². The van der Waals surface area contributed by atoms with Gasteiger partial charge in [-0.05, 0) is 32.0 Å². The fraction of sp³-hybridized carbons (Fsp3) is 0.429. The molecule has 4 nitrogen and oxygen atoms in total. The summed E-state index contributed by atoms with van der Waals surface area (Å²) in [6.45, 7) is 5.25. The van der Waals surface area contributed by atoms with Gasteiger partial charge in [0.1, 0.15) is 6.54 Å². The number of benzene rings is 1. The van der Waals surface area contributed by atoms with Crippen molar-refractivity contribution in [2.75, 3.05) is 19.6 Å². The van der Waals surface area contributed by atoms with Gasteiger partial charge in [0.25, 0.3) is 5.91 Å². The van der Waals surface area contributed by atoms with E-state index in [9.17, 15) is 9.59 Å². The Balaban J connectivity index is 2.08. The number of halogens is 1. The summed E-state index contributed by atoms with van der Waals surface area (Å²) in [7, 11) is 0. The van der Waals surface area contributed by atoms with Gasteiger partial charge in [0.2, 0.25) is 5.91 Å². The van der Waals surface area contributed by atoms with Crippen molar-refractivity contribution < 1.29 is 9.59 Å². The van der Waals surface area contributed by atoms with E-state index in [1.165, 1.54) is 0 Å². The van der Waals surface area contributed by atoms with Crippen LogP contribution in [0.2, 0.25) is 5.02 Å². The molecule has 1 heterocycles. The van der Waals surface area contributed by atoms with E-state index in [-0.39, 0.29) is 24.4 Å². The molecule has 1 aliphatic rings. The zero-order valence-corrected chi connectivity index (χ0v) is 11.9. The highest BCUT2D eigenvalue weighted by molar-refractivity contribution is 6.30. The molecule has 1 aromatic carbocycles. The normalized spacial score (nSPS) is 16.1. The Kier molecular flexibility index (Phi) is 4.10. The summed E-state index contributed by atoms with van der Waals surface area (Å²) < 4.78 is 0. The van der Waals surface area contributed by atoms with Gasteiger partial charge in [-0.3, -0.25) is 9.59 Å². The first-order chi connectivity index (χ1) is 8.99. The van der Waals surface area contributed by atoms with Crippen molar-refractivity contribution in [1.29, 1.82) is 0 Å². The lowest BCUT2D eigenvalue weighted by atomic mass is 10.1. The Morgan fingerprint density at radius 3 is 2.63 bits per heavy atom. The van der Waals surface area contributed by atoms with Crippen molar-refractivity contribution in [2.45, 2.75) is 19.9 Å². The van der Waals surface area contributed by atoms with Crippen LogP contribution in [0.15, 0.2) is 24.3 Å². The molecule has 0 bridgehead atoms. The lowest BCUT2D eigenvalue weighted by molar-refractivity contribution is -0.136. The first-order valence-corrected chi connectivity index (χ1v) is 6.71. The smallest absolute Gasteiger partial charge is 0.254 e. The van der Waals surface area contributed by atoms with Crippen LogP contribution >= 0.6 is 11.6 Å². The molecule has 2 rings (SSSR count). The molecule has 1 aromatic rings. The van der Waals surface area contributed by atoms with Crippen LogP contribution in [0.1, 0.15) is 24.2 Å². The lowest BCUT2D eigenvalue weighted by Gasteiger charge is -2.36. The molecule has 1 fully saturated rings. The summed E-state index contributed by atoms with van der Waals surface area (Å²) in [6, 6.07) is 6.98. The highest BCUT2D eigenvalue weighted by atomic mass is 35.5. The summed E-state index contributed by atoms with van der Waals surface area (Å²) in [5.41, 5.74) is 0.526. The maximum Gasteiger partial charge on any atom is 0.254 e. The highest BCUT2D eigenvalue weighted by Crippen LogP contribution is 2.15. The molecular formula is C14H17ClN2O2. The molecule has 1 aliphatic heterocycles. The van der Waals surface area contributed by atoms with Gasteiger partial charge in [-0.1, -0.05) is 17.7 Å². The van der Waals surface area contributed by atoms with E-state index in [0.29, 0.717) is 23.7 Å². The van der Waals surface area contributed by atoms with Crippen molar-refractivity contribution >= 4 is 23.4 Å². The Morgan fingerprint density at radius 1 is 1.32 bits per heavy atom. The standard InChI is InChI=1S/C14H17ClN2O2/c1-10(2)17-7-6-16(9-13(17)18)14(19)11-4-3-5-12(15)8-11/h3-5,8,10H,6-7,9H2,1-2H3. The Labute approximate surface area is 117 Å². The molecule has 5 heteroatoms. The van der Waals surface area contributed by atoms with Gasteiger partial charge >= 0.3 is 0 Å². The van der Waals surface area contributed by atoms with Gasteiger partial charge in [-0.15, -0.1) is 0 Å². The molecule has 0 spiro atoms. The first kappa shape index (κ1) is 13.9. The summed E-state index contributed by atoms with van der Waals surface area (Å²) in [5.74, 6) is -0.143. The van der Waals surface area contributed by atoms with Crippen LogP contribution in [0.25, 0.3) is 0 Å². The molecule has 0 N–H and O–H groups in total. The second-order valence-electron chi connectivity index (χ2n) is 4.92. The lowest BCUT2D eigenvalue weighted by Crippen LogP contribution is -2.54. The first-order valence-electron chi connectivity index (χ1n) is 6.33. The van der Waals surface area contributed by atoms with Crippen molar-refractivity contribution in [1.82, 2.24) is 9.80 Å². The van der Waals surface area contributed by atoms with E-state index in [2.05, 4.69) is 0 Å². The molecule has 19 heavy (non-hydrogen) atoms. The molecule has 102 valence electrons. The fourth-order valence-corrected chi connectivity index (χ4v) is 2.40. The van der Waals surface area contributed by atoms with E-state index in [1.807, 2.05) is 13.8 Å². The van der Waals surface area contributed by atoms with Crippen molar-refractivity contribution in [3.63, 3.8) is 0 Å². The summed E-state index contributed by atoms with van der Waals surface area (Å²) in [5, 5.41) is 0.526. The van der Waals surface area contributed by atoms with Gasteiger partial charge in [0, 0.05) is 29.7 Å². The van der Waals surface area contributed by atoms with Gasteiger partial charge in [-0.25, -0.2) is 0 Å². The highest BCUT2D eigenvalue weighted by Gasteiger charge is 2.28. The largest absolute Gasteiger partial charge is 0.337 e. The van der Waals surface area contributed by atoms with Crippen LogP contribution < -0.4 is 0 Å². The number of amides is 2. The average molecular weight is 281 g/mol. The van der Waals surface area contributed by atoms with Gasteiger partial charge < -0.3 is 9.80 Å². The third kappa shape index (κ3) is 3.07. The SMILES string of the molecule is CC(C)N1CCN(C(=O)c2cccc(Cl)c2)CC1=O. The molecule has 0 aliphatic carbocycles. The van der Waals surface area contributed by atoms with Crippen molar-refractivity contribution in [3.05, 3.63) is 34.9 Å². The second kappa shape index (κ2) is 5.61. The number of carbonyl (C=O) groups excluding carboxylic acids is 2. The minimum Gasteiger partial charge on any atom is -0.337 e. The molecule has 2 amide bonds. The summed E-state index contributed by atoms with van der Waals surface area (Å²) in [4.78, 5) is 27.6. The van der Waals surface area contributed by atoms with E-state index >= 15 is 0 Å². The topological polar surface area (TPSA) is 40.6 Å². The Hall–Kier alpha value is -1.55. The zero-order chi connectivity index (χ0) is 14.0. The maximum absolute atomic E-state index is 12.3. The molecule has 0 atom stereocenters. The van der Waals surface area contributed by atoms with E-state index in [4.69, 9.17) is 11.6 Å². The number of hydrogen-bond acceptors (Lipinski definition) is 2. The molecular weight excluding hydrogens is 264 g/mol. The minimum atomic E-state index is -0.140. The Morgan fingerprint density at radius 2 is 2.05 bits per heavy atom. The van der Waals surface area contributed by atoms with Crippen molar-refractivity contribution in [2.24, 2.45) is 0 Å². The average Bonchev–Trinajstić information content (AvgIpc) is 2.37. The zero-order valence-electron chi connectivity index (χ0n) is 11.1. The van der Waals surface area contributed by atoms with Crippen LogP contribution in [0.3, 0.4) is 0 Å². The summed E-state index contributed by atoms with van der Waals surface area (Å²) >= 11 is 5.88. The van der Waals surface area contributed by atoms with Crippen LogP contribution in [0.5, 0.6) is 0 Å². The Bertz CT molecular complexity index is 502. The van der Waals surface area contributed by atoms with E-state index < -0.39 is 0 Å². The predicted octanol–water partition coefficient (Wildman–Crippen LogP) is 2.03. The number of rotatable bonds is 2. The van der Waals surface area contributed by atoms with Crippen LogP contribution in [0, 0.1) is 0 Å². The number of nitrogens with zero attached hydrogens (tertiary/aromatic N) is 2. The fourth-order valence-electron chi connectivity index (χ4n) is 2.21. The van der Waals surface area contributed by atoms with Crippen molar-refractivity contribution in [3.8, 4) is 0 Å². The molecule has 0 aromatic heterocycles. The van der Waals surface area contributed by atoms with Crippen LogP contribution in [0.4, 0.5) is 0 Å². The maximum atomic E-state index is 12.3. The third-order valence-corrected chi connectivity index (χ3v) is 3.47. The third-order valence-electron chi connectivity index (χ3n) is 3.24. The summed E-state index contributed by atoms with van der Waals surface area (Å²) in [6.07, 6.45) is 0. The van der Waals surface area contributed by atoms with Gasteiger partial charge in [-0.2, -0.15) is 0 Å². The van der Waals surface area contributed by atoms with Gasteiger partial charge in [0.15, 0.2) is 0 Å². The van der Waals surface area contributed by atoms with E-state index in [1.54, 1.807) is 34.1 Å². The molecule has 1 saturated heterocycles. The predicted molar refractivity (Wildman–Crippen MR) is 74.2 cm³/mol.